The molecule has 0 saturated heterocycles. The van der Waals surface area contributed by atoms with Crippen LogP contribution in [0.1, 0.15) is 108 Å². The second-order valence-corrected chi connectivity index (χ2v) is 13.3. The van der Waals surface area contributed by atoms with Crippen LogP contribution in [0.2, 0.25) is 0 Å². The fraction of sp³-hybridized carbons (Fsp3) is 0.824. The van der Waals surface area contributed by atoms with Gasteiger partial charge in [-0.15, -0.1) is 0 Å². The normalized spacial score (nSPS) is 16.2. The van der Waals surface area contributed by atoms with Gasteiger partial charge in [0.2, 0.25) is 0 Å². The highest BCUT2D eigenvalue weighted by Gasteiger charge is 2.18. The number of nitrogens with one attached hydrogen (secondary N) is 4. The van der Waals surface area contributed by atoms with E-state index in [2.05, 4.69) is 67.2 Å². The van der Waals surface area contributed by atoms with Crippen molar-refractivity contribution in [1.82, 2.24) is 21.3 Å². The van der Waals surface area contributed by atoms with Gasteiger partial charge in [0.05, 0.1) is 0 Å². The molecule has 0 spiro atoms. The lowest BCUT2D eigenvalue weighted by atomic mass is 9.82. The second kappa shape index (κ2) is 21.6. The molecule has 1 aliphatic carbocycles. The smallest absolute Gasteiger partial charge is 0.00914 e. The summed E-state index contributed by atoms with van der Waals surface area (Å²) >= 11 is 0. The molecule has 6 heteroatoms. The van der Waals surface area contributed by atoms with E-state index in [-0.39, 0.29) is 12.1 Å². The zero-order valence-electron chi connectivity index (χ0n) is 26.7. The molecule has 1 aromatic carbocycles. The third kappa shape index (κ3) is 17.1. The second-order valence-electron chi connectivity index (χ2n) is 13.3. The van der Waals surface area contributed by atoms with E-state index >= 15 is 0 Å². The largest absolute Gasteiger partial charge is 0.327 e. The van der Waals surface area contributed by atoms with Crippen molar-refractivity contribution in [2.24, 2.45) is 23.3 Å². The van der Waals surface area contributed by atoms with Crippen LogP contribution in [0.15, 0.2) is 18.2 Å². The van der Waals surface area contributed by atoms with Gasteiger partial charge in [-0.2, -0.15) is 0 Å². The summed E-state index contributed by atoms with van der Waals surface area (Å²) in [5.41, 5.74) is 17.6. The van der Waals surface area contributed by atoms with Crippen LogP contribution >= 0.6 is 0 Å². The summed E-state index contributed by atoms with van der Waals surface area (Å²) in [4.78, 5) is 0. The lowest BCUT2D eigenvalue weighted by Crippen LogP contribution is -2.31. The predicted octanol–water partition coefficient (Wildman–Crippen LogP) is 4.70. The molecule has 2 atom stereocenters. The van der Waals surface area contributed by atoms with Gasteiger partial charge in [-0.25, -0.2) is 0 Å². The highest BCUT2D eigenvalue weighted by molar-refractivity contribution is 5.34. The highest BCUT2D eigenvalue weighted by Crippen LogP contribution is 2.34. The van der Waals surface area contributed by atoms with E-state index in [0.717, 1.165) is 78.0 Å². The first-order valence-corrected chi connectivity index (χ1v) is 16.8. The fourth-order valence-corrected chi connectivity index (χ4v) is 5.79. The Bertz CT molecular complexity index is 696. The van der Waals surface area contributed by atoms with Crippen molar-refractivity contribution in [3.8, 4) is 0 Å². The van der Waals surface area contributed by atoms with Crippen LogP contribution in [0.5, 0.6) is 0 Å². The summed E-state index contributed by atoms with van der Waals surface area (Å²) < 4.78 is 0. The predicted molar refractivity (Wildman–Crippen MR) is 175 cm³/mol. The van der Waals surface area contributed by atoms with Crippen molar-refractivity contribution in [1.29, 1.82) is 0 Å². The summed E-state index contributed by atoms with van der Waals surface area (Å²) in [7, 11) is 0. The zero-order chi connectivity index (χ0) is 29.0. The minimum absolute atomic E-state index is 0.189. The molecule has 0 aromatic heterocycles. The Balaban J connectivity index is 1.78. The zero-order valence-corrected chi connectivity index (χ0v) is 26.7. The Kier molecular flexibility index (Phi) is 19.0. The molecular formula is C34H66N6. The summed E-state index contributed by atoms with van der Waals surface area (Å²) in [6.45, 7) is 17.5. The van der Waals surface area contributed by atoms with Gasteiger partial charge in [0.25, 0.3) is 0 Å². The van der Waals surface area contributed by atoms with Gasteiger partial charge >= 0.3 is 0 Å². The molecule has 1 aromatic rings. The molecule has 40 heavy (non-hydrogen) atoms. The number of nitrogens with two attached hydrogens (primary N) is 2. The van der Waals surface area contributed by atoms with Crippen LogP contribution in [0.25, 0.3) is 0 Å². The first-order chi connectivity index (χ1) is 19.3. The third-order valence-corrected chi connectivity index (χ3v) is 8.05. The van der Waals surface area contributed by atoms with Gasteiger partial charge in [0.15, 0.2) is 0 Å². The summed E-state index contributed by atoms with van der Waals surface area (Å²) in [5.74, 6) is 2.14. The molecule has 8 N–H and O–H groups in total. The van der Waals surface area contributed by atoms with Crippen LogP contribution in [0, 0.1) is 11.8 Å². The van der Waals surface area contributed by atoms with Crippen molar-refractivity contribution in [3.05, 3.63) is 34.9 Å². The molecule has 0 aliphatic heterocycles. The van der Waals surface area contributed by atoms with E-state index in [4.69, 9.17) is 11.5 Å². The first kappa shape index (κ1) is 35.2. The van der Waals surface area contributed by atoms with E-state index in [9.17, 15) is 0 Å². The molecule has 1 fully saturated rings. The van der Waals surface area contributed by atoms with Gasteiger partial charge in [0, 0.05) is 12.1 Å². The van der Waals surface area contributed by atoms with Gasteiger partial charge < -0.3 is 32.7 Å². The van der Waals surface area contributed by atoms with Gasteiger partial charge in [0.1, 0.15) is 0 Å². The molecule has 0 radical (unpaired) electrons. The average molecular weight is 559 g/mol. The first-order valence-electron chi connectivity index (χ1n) is 16.8. The molecule has 1 aliphatic rings. The highest BCUT2D eigenvalue weighted by atomic mass is 14.9. The van der Waals surface area contributed by atoms with E-state index in [1.165, 1.54) is 61.6 Å². The maximum atomic E-state index is 6.63. The monoisotopic (exact) mass is 559 g/mol. The topological polar surface area (TPSA) is 100 Å². The molecule has 1 saturated carbocycles. The molecule has 232 valence electrons. The average Bonchev–Trinajstić information content (AvgIpc) is 2.91. The van der Waals surface area contributed by atoms with Crippen LogP contribution < -0.4 is 32.7 Å². The fourth-order valence-electron chi connectivity index (χ4n) is 5.79. The van der Waals surface area contributed by atoms with Crippen molar-refractivity contribution in [2.45, 2.75) is 116 Å². The molecular weight excluding hydrogens is 492 g/mol. The molecule has 2 unspecified atom stereocenters. The minimum Gasteiger partial charge on any atom is -0.327 e. The summed E-state index contributed by atoms with van der Waals surface area (Å²) in [6.07, 6.45) is 13.0. The molecule has 0 amide bonds. The molecule has 2 rings (SSSR count). The number of hydrogen-bond donors (Lipinski definition) is 6. The lowest BCUT2D eigenvalue weighted by Gasteiger charge is -2.24. The number of benzene rings is 1. The van der Waals surface area contributed by atoms with Crippen molar-refractivity contribution >= 4 is 0 Å². The van der Waals surface area contributed by atoms with Gasteiger partial charge in [-0.1, -0.05) is 65.2 Å². The van der Waals surface area contributed by atoms with Crippen LogP contribution in [-0.4, -0.2) is 64.4 Å². The van der Waals surface area contributed by atoms with Crippen molar-refractivity contribution < 1.29 is 0 Å². The Hall–Kier alpha value is -1.02. The van der Waals surface area contributed by atoms with E-state index in [0.29, 0.717) is 17.8 Å². The summed E-state index contributed by atoms with van der Waals surface area (Å²) in [5, 5.41) is 14.2. The van der Waals surface area contributed by atoms with E-state index in [1.807, 2.05) is 0 Å². The van der Waals surface area contributed by atoms with E-state index < -0.39 is 0 Å². The SMILES string of the molecule is CC(C)CNCCCNCCC(N)Cc1cc(CC(N)CCNCCCNCC(C)C)cc(C2CCCCC2)c1. The van der Waals surface area contributed by atoms with Crippen LogP contribution in [0.3, 0.4) is 0 Å². The number of rotatable bonds is 23. The van der Waals surface area contributed by atoms with E-state index in [1.54, 1.807) is 0 Å². The maximum absolute atomic E-state index is 6.63. The Morgan fingerprint density at radius 1 is 0.625 bits per heavy atom. The van der Waals surface area contributed by atoms with Crippen molar-refractivity contribution in [2.75, 3.05) is 52.4 Å². The Morgan fingerprint density at radius 2 is 1.07 bits per heavy atom. The third-order valence-electron chi connectivity index (χ3n) is 8.05. The van der Waals surface area contributed by atoms with Crippen molar-refractivity contribution in [3.63, 3.8) is 0 Å². The van der Waals surface area contributed by atoms with Crippen LogP contribution in [0.4, 0.5) is 0 Å². The van der Waals surface area contributed by atoms with Gasteiger partial charge in [-0.3, -0.25) is 0 Å². The molecule has 0 bridgehead atoms. The molecule has 0 heterocycles. The Morgan fingerprint density at radius 3 is 1.52 bits per heavy atom. The maximum Gasteiger partial charge on any atom is 0.00914 e. The lowest BCUT2D eigenvalue weighted by molar-refractivity contribution is 0.443. The quantitative estimate of drug-likeness (QED) is 0.109. The summed E-state index contributed by atoms with van der Waals surface area (Å²) in [6, 6.07) is 7.71. The molecule has 6 nitrogen and oxygen atoms in total. The Labute approximate surface area is 248 Å². The van der Waals surface area contributed by atoms with Crippen LogP contribution in [-0.2, 0) is 12.8 Å². The number of hydrogen-bond acceptors (Lipinski definition) is 6. The van der Waals surface area contributed by atoms with Gasteiger partial charge in [-0.05, 0) is 138 Å². The standard InChI is InChI=1S/C34H66N6/c1-27(2)25-39-16-8-14-37-18-12-33(35)23-29-20-30(22-32(21-29)31-10-6-5-7-11-31)24-34(36)13-19-38-15-9-17-40-26-28(3)4/h20-22,27-28,31,33-34,37-40H,5-19,23-26,35-36H2,1-4H3. The minimum atomic E-state index is 0.189.